The summed E-state index contributed by atoms with van der Waals surface area (Å²) in [5.41, 5.74) is 3.26. The molecule has 1 heterocycles. The molecule has 2 rings (SSSR count). The van der Waals surface area contributed by atoms with Gasteiger partial charge in [0.15, 0.2) is 12.3 Å². The molecule has 4 nitrogen and oxygen atoms in total. The zero-order valence-electron chi connectivity index (χ0n) is 12.2. The number of carbonyl (C=O) groups is 1. The van der Waals surface area contributed by atoms with Crippen molar-refractivity contribution in [2.45, 2.75) is 20.4 Å². The summed E-state index contributed by atoms with van der Waals surface area (Å²) in [6.45, 7) is 5.21. The third-order valence-electron chi connectivity index (χ3n) is 3.31. The van der Waals surface area contributed by atoms with E-state index in [0.29, 0.717) is 13.1 Å². The molecule has 0 saturated carbocycles. The van der Waals surface area contributed by atoms with Gasteiger partial charge in [-0.2, -0.15) is 0 Å². The zero-order chi connectivity index (χ0) is 14.5. The molecule has 0 bridgehead atoms. The van der Waals surface area contributed by atoms with Crippen LogP contribution in [-0.4, -0.2) is 19.5 Å². The lowest BCUT2D eigenvalue weighted by molar-refractivity contribution is -0.886. The van der Waals surface area contributed by atoms with Gasteiger partial charge in [-0.1, -0.05) is 6.07 Å². The maximum Gasteiger partial charge on any atom is 0.279 e. The van der Waals surface area contributed by atoms with Crippen molar-refractivity contribution in [3.05, 3.63) is 53.5 Å². The van der Waals surface area contributed by atoms with Crippen molar-refractivity contribution in [3.8, 4) is 0 Å². The molecule has 1 amide bonds. The van der Waals surface area contributed by atoms with E-state index in [2.05, 4.69) is 12.2 Å². The van der Waals surface area contributed by atoms with Crippen LogP contribution in [0.25, 0.3) is 0 Å². The van der Waals surface area contributed by atoms with Crippen LogP contribution in [0.4, 0.5) is 5.69 Å². The van der Waals surface area contributed by atoms with E-state index in [4.69, 9.17) is 4.42 Å². The molecule has 0 saturated heterocycles. The molecular formula is C16H21N2O2+. The van der Waals surface area contributed by atoms with Gasteiger partial charge in [0.1, 0.15) is 6.54 Å². The van der Waals surface area contributed by atoms with Gasteiger partial charge in [0.05, 0.1) is 13.3 Å². The number of rotatable bonds is 5. The van der Waals surface area contributed by atoms with Crippen molar-refractivity contribution in [1.82, 2.24) is 0 Å². The van der Waals surface area contributed by atoms with Gasteiger partial charge in [-0.15, -0.1) is 0 Å². The van der Waals surface area contributed by atoms with Crippen LogP contribution in [0.3, 0.4) is 0 Å². The number of amides is 1. The van der Waals surface area contributed by atoms with Crippen molar-refractivity contribution in [1.29, 1.82) is 0 Å². The van der Waals surface area contributed by atoms with Crippen molar-refractivity contribution < 1.29 is 14.1 Å². The molecule has 0 aliphatic heterocycles. The highest BCUT2D eigenvalue weighted by molar-refractivity contribution is 5.91. The molecule has 1 aromatic carbocycles. The van der Waals surface area contributed by atoms with Gasteiger partial charge in [0.25, 0.3) is 5.91 Å². The van der Waals surface area contributed by atoms with Crippen LogP contribution in [0.5, 0.6) is 0 Å². The second-order valence-corrected chi connectivity index (χ2v) is 5.24. The van der Waals surface area contributed by atoms with Crippen LogP contribution in [0.15, 0.2) is 41.0 Å². The van der Waals surface area contributed by atoms with Crippen LogP contribution < -0.4 is 10.2 Å². The van der Waals surface area contributed by atoms with Crippen LogP contribution in [0, 0.1) is 13.8 Å². The monoisotopic (exact) mass is 273 g/mol. The third-order valence-corrected chi connectivity index (χ3v) is 3.31. The van der Waals surface area contributed by atoms with E-state index < -0.39 is 0 Å². The maximum atomic E-state index is 12.0. The summed E-state index contributed by atoms with van der Waals surface area (Å²) >= 11 is 0. The molecule has 0 fully saturated rings. The molecule has 0 spiro atoms. The van der Waals surface area contributed by atoms with Crippen LogP contribution in [0.1, 0.15) is 16.9 Å². The second-order valence-electron chi connectivity index (χ2n) is 5.24. The Morgan fingerprint density at radius 3 is 2.70 bits per heavy atom. The normalized spacial score (nSPS) is 12.2. The maximum absolute atomic E-state index is 12.0. The molecule has 4 heteroatoms. The van der Waals surface area contributed by atoms with E-state index in [-0.39, 0.29) is 5.91 Å². The molecule has 1 aromatic heterocycles. The minimum absolute atomic E-state index is 0.0114. The van der Waals surface area contributed by atoms with Crippen LogP contribution in [-0.2, 0) is 11.3 Å². The number of likely N-dealkylation sites (N-methyl/N-ethyl adjacent to an activating group) is 1. The number of quaternary nitrogens is 1. The number of aryl methyl sites for hydroxylation is 2. The van der Waals surface area contributed by atoms with Gasteiger partial charge in [-0.25, -0.2) is 0 Å². The van der Waals surface area contributed by atoms with Gasteiger partial charge in [0, 0.05) is 5.69 Å². The SMILES string of the molecule is Cc1ccc(NC(=O)C[NH+](C)Cc2ccco2)cc1C. The Bertz CT molecular complexity index is 576. The number of benzene rings is 1. The molecule has 0 aliphatic rings. The average Bonchev–Trinajstić information content (AvgIpc) is 2.86. The van der Waals surface area contributed by atoms with Crippen molar-refractivity contribution in [3.63, 3.8) is 0 Å². The van der Waals surface area contributed by atoms with Gasteiger partial charge in [-0.05, 0) is 49.2 Å². The summed E-state index contributed by atoms with van der Waals surface area (Å²) in [5.74, 6) is 0.902. The molecule has 2 aromatic rings. The predicted molar refractivity (Wildman–Crippen MR) is 78.7 cm³/mol. The highest BCUT2D eigenvalue weighted by atomic mass is 16.3. The summed E-state index contributed by atoms with van der Waals surface area (Å²) < 4.78 is 5.28. The van der Waals surface area contributed by atoms with Crippen molar-refractivity contribution in [2.75, 3.05) is 18.9 Å². The fraction of sp³-hybridized carbons (Fsp3) is 0.312. The van der Waals surface area contributed by atoms with E-state index in [1.165, 1.54) is 11.1 Å². The number of furan rings is 1. The first-order valence-corrected chi connectivity index (χ1v) is 6.75. The quantitative estimate of drug-likeness (QED) is 0.868. The second kappa shape index (κ2) is 6.39. The zero-order valence-corrected chi connectivity index (χ0v) is 12.2. The molecular weight excluding hydrogens is 252 g/mol. The van der Waals surface area contributed by atoms with Crippen molar-refractivity contribution >= 4 is 11.6 Å². The molecule has 1 atom stereocenters. The summed E-state index contributed by atoms with van der Waals surface area (Å²) in [7, 11) is 1.97. The summed E-state index contributed by atoms with van der Waals surface area (Å²) in [4.78, 5) is 13.1. The molecule has 1 unspecified atom stereocenters. The molecule has 0 aliphatic carbocycles. The minimum atomic E-state index is 0.0114. The Labute approximate surface area is 119 Å². The lowest BCUT2D eigenvalue weighted by atomic mass is 10.1. The van der Waals surface area contributed by atoms with Crippen molar-refractivity contribution in [2.24, 2.45) is 0 Å². The Kier molecular flexibility index (Phi) is 4.58. The molecule has 20 heavy (non-hydrogen) atoms. The Balaban J connectivity index is 1.87. The van der Waals surface area contributed by atoms with Gasteiger partial charge in [0.2, 0.25) is 0 Å². The van der Waals surface area contributed by atoms with Gasteiger partial charge < -0.3 is 14.6 Å². The van der Waals surface area contributed by atoms with Gasteiger partial charge >= 0.3 is 0 Å². The standard InChI is InChI=1S/C16H20N2O2/c1-12-6-7-14(9-13(12)2)17-16(19)11-18(3)10-15-5-4-8-20-15/h4-9H,10-11H2,1-3H3,(H,17,19)/p+1. The Morgan fingerprint density at radius 1 is 1.25 bits per heavy atom. The lowest BCUT2D eigenvalue weighted by Gasteiger charge is -2.13. The number of hydrogen-bond donors (Lipinski definition) is 2. The van der Waals surface area contributed by atoms with E-state index in [1.54, 1.807) is 6.26 Å². The van der Waals surface area contributed by atoms with E-state index in [1.807, 2.05) is 44.3 Å². The predicted octanol–water partition coefficient (Wildman–Crippen LogP) is 1.55. The number of hydrogen-bond acceptors (Lipinski definition) is 2. The van der Waals surface area contributed by atoms with Gasteiger partial charge in [-0.3, -0.25) is 4.79 Å². The Hall–Kier alpha value is -2.07. The molecule has 0 radical (unpaired) electrons. The van der Waals surface area contributed by atoms with Crippen LogP contribution in [0.2, 0.25) is 0 Å². The highest BCUT2D eigenvalue weighted by Crippen LogP contribution is 2.13. The van der Waals surface area contributed by atoms with Crippen LogP contribution >= 0.6 is 0 Å². The molecule has 106 valence electrons. The van der Waals surface area contributed by atoms with E-state index in [0.717, 1.165) is 16.3 Å². The highest BCUT2D eigenvalue weighted by Gasteiger charge is 2.12. The first kappa shape index (κ1) is 14.3. The largest absolute Gasteiger partial charge is 0.463 e. The average molecular weight is 273 g/mol. The lowest BCUT2D eigenvalue weighted by Crippen LogP contribution is -3.08. The Morgan fingerprint density at radius 2 is 2.05 bits per heavy atom. The number of anilines is 1. The summed E-state index contributed by atoms with van der Waals surface area (Å²) in [6, 6.07) is 9.73. The minimum Gasteiger partial charge on any atom is -0.463 e. The summed E-state index contributed by atoms with van der Waals surface area (Å²) in [6.07, 6.45) is 1.65. The summed E-state index contributed by atoms with van der Waals surface area (Å²) in [5, 5.41) is 2.93. The topological polar surface area (TPSA) is 46.7 Å². The third kappa shape index (κ3) is 3.96. The number of nitrogens with one attached hydrogen (secondary N) is 2. The van der Waals surface area contributed by atoms with E-state index in [9.17, 15) is 4.79 Å². The first-order chi connectivity index (χ1) is 9.54. The number of carbonyl (C=O) groups excluding carboxylic acids is 1. The fourth-order valence-corrected chi connectivity index (χ4v) is 2.07. The molecule has 2 N–H and O–H groups in total. The smallest absolute Gasteiger partial charge is 0.279 e. The first-order valence-electron chi connectivity index (χ1n) is 6.75. The van der Waals surface area contributed by atoms with E-state index >= 15 is 0 Å². The fourth-order valence-electron chi connectivity index (χ4n) is 2.07.